The number of fused-ring (bicyclic) bond motifs is 3. The summed E-state index contributed by atoms with van der Waals surface area (Å²) in [6.45, 7) is 9.75. The highest BCUT2D eigenvalue weighted by Gasteiger charge is 2.85. The first kappa shape index (κ1) is 14.3. The lowest BCUT2D eigenvalue weighted by atomic mass is 9.44. The Morgan fingerprint density at radius 1 is 1.00 bits per heavy atom. The van der Waals surface area contributed by atoms with Crippen molar-refractivity contribution in [2.75, 3.05) is 0 Å². The Morgan fingerprint density at radius 3 is 2.41 bits per heavy atom. The van der Waals surface area contributed by atoms with Crippen molar-refractivity contribution in [3.8, 4) is 0 Å². The fourth-order valence-corrected chi connectivity index (χ4v) is 8.60. The largest absolute Gasteiger partial charge is 0.367 e. The molecule has 6 rings (SSSR count). The van der Waals surface area contributed by atoms with Gasteiger partial charge < -0.3 is 9.84 Å². The predicted molar refractivity (Wildman–Crippen MR) is 86.1 cm³/mol. The maximum atomic E-state index is 10.9. The van der Waals surface area contributed by atoms with Crippen LogP contribution in [-0.4, -0.2) is 17.0 Å². The summed E-state index contributed by atoms with van der Waals surface area (Å²) in [7, 11) is 0. The van der Waals surface area contributed by atoms with Crippen molar-refractivity contribution >= 4 is 0 Å². The van der Waals surface area contributed by atoms with Crippen molar-refractivity contribution in [1.29, 1.82) is 0 Å². The van der Waals surface area contributed by atoms with Crippen LogP contribution in [0.5, 0.6) is 0 Å². The second-order valence-corrected chi connectivity index (χ2v) is 10.2. The number of rotatable bonds is 1. The smallest absolute Gasteiger partial charge is 0.161 e. The van der Waals surface area contributed by atoms with Gasteiger partial charge in [0.15, 0.2) is 6.29 Å². The van der Waals surface area contributed by atoms with E-state index in [0.29, 0.717) is 10.8 Å². The van der Waals surface area contributed by atoms with E-state index < -0.39 is 6.29 Å². The van der Waals surface area contributed by atoms with Gasteiger partial charge in [-0.15, -0.1) is 0 Å². The lowest BCUT2D eigenvalue weighted by Crippen LogP contribution is -2.66. The average molecular weight is 304 g/mol. The molecule has 1 N–H and O–H groups in total. The van der Waals surface area contributed by atoms with E-state index in [2.05, 4.69) is 27.7 Å². The summed E-state index contributed by atoms with van der Waals surface area (Å²) in [5.41, 5.74) is 1.01. The first-order valence-electron chi connectivity index (χ1n) is 9.66. The van der Waals surface area contributed by atoms with Crippen molar-refractivity contribution < 1.29 is 9.84 Å². The van der Waals surface area contributed by atoms with E-state index in [-0.39, 0.29) is 11.0 Å². The minimum atomic E-state index is -0.493. The molecule has 2 saturated heterocycles. The highest BCUT2D eigenvalue weighted by atomic mass is 16.6. The van der Waals surface area contributed by atoms with Gasteiger partial charge in [0.25, 0.3) is 0 Å². The maximum Gasteiger partial charge on any atom is 0.161 e. The molecule has 2 heterocycles. The minimum absolute atomic E-state index is 0.0324. The van der Waals surface area contributed by atoms with Crippen LogP contribution in [0.3, 0.4) is 0 Å². The quantitative estimate of drug-likeness (QED) is 0.780. The molecule has 8 atom stereocenters. The summed E-state index contributed by atoms with van der Waals surface area (Å²) in [6, 6.07) is 0. The van der Waals surface area contributed by atoms with Gasteiger partial charge in [-0.3, -0.25) is 0 Å². The highest BCUT2D eigenvalue weighted by molar-refractivity contribution is 5.31. The summed E-state index contributed by atoms with van der Waals surface area (Å²) < 4.78 is 6.19. The summed E-state index contributed by atoms with van der Waals surface area (Å²) in [4.78, 5) is 0. The van der Waals surface area contributed by atoms with E-state index >= 15 is 0 Å². The SMILES string of the molecule is CC(C)[C@H]1CC[C@@H]2[C@]1(C)CC[C@]13CC[C@](C)(O[C@@H]1O)[C@@H]1C[C@]213. The summed E-state index contributed by atoms with van der Waals surface area (Å²) >= 11 is 0. The van der Waals surface area contributed by atoms with Crippen molar-refractivity contribution in [2.24, 2.45) is 39.9 Å². The van der Waals surface area contributed by atoms with Gasteiger partial charge >= 0.3 is 0 Å². The van der Waals surface area contributed by atoms with Crippen LogP contribution in [0.15, 0.2) is 0 Å². The van der Waals surface area contributed by atoms with Crippen LogP contribution in [0.4, 0.5) is 0 Å². The molecule has 6 aliphatic rings. The van der Waals surface area contributed by atoms with Gasteiger partial charge in [-0.2, -0.15) is 0 Å². The Kier molecular flexibility index (Phi) is 2.45. The van der Waals surface area contributed by atoms with Crippen LogP contribution >= 0.6 is 0 Å². The van der Waals surface area contributed by atoms with Crippen LogP contribution in [0.1, 0.15) is 72.6 Å². The molecule has 2 nitrogen and oxygen atoms in total. The van der Waals surface area contributed by atoms with Crippen LogP contribution in [-0.2, 0) is 4.74 Å². The fraction of sp³-hybridized carbons (Fsp3) is 1.00. The van der Waals surface area contributed by atoms with Crippen LogP contribution < -0.4 is 0 Å². The second kappa shape index (κ2) is 3.77. The molecule has 2 spiro atoms. The number of aliphatic hydroxyl groups is 1. The molecule has 2 bridgehead atoms. The number of aliphatic hydroxyl groups excluding tert-OH is 1. The zero-order chi connectivity index (χ0) is 15.5. The Bertz CT molecular complexity index is 530. The topological polar surface area (TPSA) is 29.5 Å². The number of ether oxygens (including phenoxy) is 1. The molecule has 0 aromatic rings. The molecule has 4 saturated carbocycles. The molecule has 124 valence electrons. The summed E-state index contributed by atoms with van der Waals surface area (Å²) in [6.07, 6.45) is 8.56. The third kappa shape index (κ3) is 1.24. The van der Waals surface area contributed by atoms with Crippen LogP contribution in [0.25, 0.3) is 0 Å². The monoisotopic (exact) mass is 304 g/mol. The maximum absolute atomic E-state index is 10.9. The van der Waals surface area contributed by atoms with Gasteiger partial charge in [0.2, 0.25) is 0 Å². The Morgan fingerprint density at radius 2 is 1.73 bits per heavy atom. The van der Waals surface area contributed by atoms with E-state index in [1.807, 2.05) is 0 Å². The van der Waals surface area contributed by atoms with Crippen LogP contribution in [0, 0.1) is 39.9 Å². The van der Waals surface area contributed by atoms with Crippen molar-refractivity contribution in [3.63, 3.8) is 0 Å². The first-order chi connectivity index (χ1) is 10.3. The minimum Gasteiger partial charge on any atom is -0.367 e. The zero-order valence-electron chi connectivity index (χ0n) is 14.7. The molecule has 4 aliphatic carbocycles. The molecule has 22 heavy (non-hydrogen) atoms. The molecule has 0 aromatic heterocycles. The van der Waals surface area contributed by atoms with Crippen LogP contribution in [0.2, 0.25) is 0 Å². The molecule has 0 radical (unpaired) electrons. The molecule has 0 aromatic carbocycles. The van der Waals surface area contributed by atoms with Gasteiger partial charge in [-0.1, -0.05) is 20.8 Å². The molecule has 2 aliphatic heterocycles. The van der Waals surface area contributed by atoms with Gasteiger partial charge in [-0.25, -0.2) is 0 Å². The third-order valence-corrected chi connectivity index (χ3v) is 9.53. The second-order valence-electron chi connectivity index (χ2n) is 10.2. The number of hydrogen-bond donors (Lipinski definition) is 1. The Hall–Kier alpha value is -0.0800. The highest BCUT2D eigenvalue weighted by Crippen LogP contribution is 2.87. The van der Waals surface area contributed by atoms with Gasteiger partial charge in [0, 0.05) is 5.41 Å². The molecular weight excluding hydrogens is 272 g/mol. The number of hydrogen-bond acceptors (Lipinski definition) is 2. The standard InChI is InChI=1S/C20H32O2/c1-12(2)13-5-6-14-17(13,3)7-9-19-10-8-18(4,22-16(19)21)15-11-20(14,15)19/h12-16,21H,5-11H2,1-4H3/t13-,14-,15+,16+,17-,18+,19+,20+/m1/s1. The lowest BCUT2D eigenvalue weighted by Gasteiger charge is -2.65. The predicted octanol–water partition coefficient (Wildman–Crippen LogP) is 4.36. The molecule has 2 heteroatoms. The van der Waals surface area contributed by atoms with E-state index in [1.54, 1.807) is 0 Å². The molecule has 6 fully saturated rings. The first-order valence-corrected chi connectivity index (χ1v) is 9.66. The van der Waals surface area contributed by atoms with Crippen molar-refractivity contribution in [2.45, 2.75) is 84.5 Å². The fourth-order valence-electron chi connectivity index (χ4n) is 8.60. The van der Waals surface area contributed by atoms with Gasteiger partial charge in [-0.05, 0) is 86.4 Å². The van der Waals surface area contributed by atoms with E-state index in [4.69, 9.17) is 4.74 Å². The average Bonchev–Trinajstić information content (AvgIpc) is 3.11. The van der Waals surface area contributed by atoms with Crippen molar-refractivity contribution in [1.82, 2.24) is 0 Å². The molecule has 0 unspecified atom stereocenters. The van der Waals surface area contributed by atoms with E-state index in [9.17, 15) is 5.11 Å². The molecule has 0 amide bonds. The normalized spacial score (nSPS) is 65.2. The van der Waals surface area contributed by atoms with Gasteiger partial charge in [0.05, 0.1) is 5.60 Å². The van der Waals surface area contributed by atoms with E-state index in [1.165, 1.54) is 44.9 Å². The molecular formula is C20H32O2. The van der Waals surface area contributed by atoms with Gasteiger partial charge in [0.1, 0.15) is 0 Å². The summed E-state index contributed by atoms with van der Waals surface area (Å²) in [5, 5.41) is 10.9. The Balaban J connectivity index is 1.62. The third-order valence-electron chi connectivity index (χ3n) is 9.53. The lowest BCUT2D eigenvalue weighted by molar-refractivity contribution is -0.348. The van der Waals surface area contributed by atoms with E-state index in [0.717, 1.165) is 23.7 Å². The Labute approximate surface area is 135 Å². The zero-order valence-corrected chi connectivity index (χ0v) is 14.7. The summed E-state index contributed by atoms with van der Waals surface area (Å²) in [5.74, 6) is 3.25. The van der Waals surface area contributed by atoms with Crippen molar-refractivity contribution in [3.05, 3.63) is 0 Å².